The second kappa shape index (κ2) is 2.22. The first kappa shape index (κ1) is 5.97. The van der Waals surface area contributed by atoms with Crippen molar-refractivity contribution in [1.82, 2.24) is 5.31 Å². The predicted molar refractivity (Wildman–Crippen MR) is 45.9 cm³/mol. The zero-order valence-corrected chi connectivity index (χ0v) is 7.23. The van der Waals surface area contributed by atoms with E-state index in [4.69, 9.17) is 6.25 Å². The minimum Gasteiger partial charge on any atom is -0.392 e. The molecule has 3 aliphatic rings. The van der Waals surface area contributed by atoms with Crippen molar-refractivity contribution in [2.75, 3.05) is 13.1 Å². The molecule has 1 saturated heterocycles. The van der Waals surface area contributed by atoms with Crippen LogP contribution in [0.1, 0.15) is 13.3 Å². The van der Waals surface area contributed by atoms with Gasteiger partial charge in [0.1, 0.15) is 7.52 Å². The van der Waals surface area contributed by atoms with Crippen LogP contribution in [0.15, 0.2) is 5.16 Å². The van der Waals surface area contributed by atoms with Gasteiger partial charge in [-0.3, -0.25) is 0 Å². The molecule has 0 aromatic carbocycles. The third-order valence-electron chi connectivity index (χ3n) is 3.24. The molecule has 0 spiro atoms. The first-order chi connectivity index (χ1) is 6.25. The summed E-state index contributed by atoms with van der Waals surface area (Å²) in [7, 11) is 0. The Morgan fingerprint density at radius 3 is 2.92 bits per heavy atom. The summed E-state index contributed by atoms with van der Waals surface area (Å²) in [6, 6.07) is 0. The van der Waals surface area contributed by atoms with E-state index in [-0.39, 0.29) is 6.10 Å². The molecule has 3 rings (SSSR count). The first-order valence-electron chi connectivity index (χ1n) is 5.17. The zero-order valence-electron chi connectivity index (χ0n) is 8.23. The molecule has 0 amide bonds. The summed E-state index contributed by atoms with van der Waals surface area (Å²) in [5.41, 5.74) is 1.26. The molecule has 3 heteroatoms. The van der Waals surface area contributed by atoms with Crippen molar-refractivity contribution in [3.63, 3.8) is 0 Å². The van der Waals surface area contributed by atoms with E-state index in [1.165, 1.54) is 5.71 Å². The normalized spacial score (nSPS) is 52.8. The van der Waals surface area contributed by atoms with Gasteiger partial charge in [0.15, 0.2) is 0 Å². The minimum absolute atomic E-state index is 0.281. The van der Waals surface area contributed by atoms with Gasteiger partial charge in [-0.25, -0.2) is 0 Å². The van der Waals surface area contributed by atoms with Crippen LogP contribution in [-0.4, -0.2) is 24.9 Å². The van der Waals surface area contributed by atoms with Gasteiger partial charge in [0.05, 0.1) is 5.71 Å². The summed E-state index contributed by atoms with van der Waals surface area (Å²) in [6.07, 6.45) is 1.29. The van der Waals surface area contributed by atoms with Crippen LogP contribution in [0.2, 0.25) is 1.41 Å². The van der Waals surface area contributed by atoms with E-state index in [1.54, 1.807) is 5.31 Å². The van der Waals surface area contributed by atoms with Crippen LogP contribution >= 0.6 is 0 Å². The standard InChI is InChI=1S/C9H14N2O/c1-5-2-8(11-12-5)9-6-3-10-4-7(6)9/h5-7,9-10H,2-4H2,1H3/t5?,6-,7+,9?/i/hD. The molecule has 1 saturated carbocycles. The maximum Gasteiger partial charge on any atom is 0.130 e. The highest BCUT2D eigenvalue weighted by molar-refractivity contribution is 5.90. The fraction of sp³-hybridized carbons (Fsp3) is 0.889. The number of hydrogen-bond donors (Lipinski definition) is 1. The van der Waals surface area contributed by atoms with Gasteiger partial charge < -0.3 is 10.1 Å². The summed E-state index contributed by atoms with van der Waals surface area (Å²) < 4.78 is 7.46. The molecule has 3 nitrogen and oxygen atoms in total. The molecule has 0 aromatic heterocycles. The van der Waals surface area contributed by atoms with Gasteiger partial charge in [-0.1, -0.05) is 5.16 Å². The van der Waals surface area contributed by atoms with Crippen molar-refractivity contribution in [2.45, 2.75) is 19.4 Å². The molecule has 1 aliphatic carbocycles. The highest BCUT2D eigenvalue weighted by Crippen LogP contribution is 2.50. The fourth-order valence-corrected chi connectivity index (χ4v) is 2.53. The van der Waals surface area contributed by atoms with Crippen molar-refractivity contribution in [3.05, 3.63) is 0 Å². The number of oxime groups is 1. The lowest BCUT2D eigenvalue weighted by Gasteiger charge is -2.01. The van der Waals surface area contributed by atoms with Crippen LogP contribution in [0.3, 0.4) is 0 Å². The summed E-state index contributed by atoms with van der Waals surface area (Å²) in [6.45, 7) is 3.93. The van der Waals surface area contributed by atoms with Gasteiger partial charge >= 0.3 is 0 Å². The number of rotatable bonds is 1. The van der Waals surface area contributed by atoms with Crippen molar-refractivity contribution in [3.8, 4) is 0 Å². The van der Waals surface area contributed by atoms with Gasteiger partial charge in [0.2, 0.25) is 0 Å². The van der Waals surface area contributed by atoms with Gasteiger partial charge in [-0.15, -0.1) is 0 Å². The van der Waals surface area contributed by atoms with Gasteiger partial charge in [0, 0.05) is 12.3 Å². The number of piperidine rings is 1. The van der Waals surface area contributed by atoms with E-state index >= 15 is 0 Å². The van der Waals surface area contributed by atoms with E-state index in [9.17, 15) is 0 Å². The molecule has 0 bridgehead atoms. The van der Waals surface area contributed by atoms with Crippen LogP contribution in [0.4, 0.5) is 0 Å². The van der Waals surface area contributed by atoms with Crippen LogP contribution in [0.25, 0.3) is 0 Å². The molecule has 12 heavy (non-hydrogen) atoms. The van der Waals surface area contributed by atoms with Crippen molar-refractivity contribution in [2.24, 2.45) is 22.9 Å². The molecule has 4 atom stereocenters. The predicted octanol–water partition coefficient (Wildman–Crippen LogP) is 0.617. The molecule has 2 fully saturated rings. The summed E-state index contributed by atoms with van der Waals surface area (Å²) >= 11 is 0. The number of hydrogen-bond acceptors (Lipinski definition) is 3. The fourth-order valence-electron chi connectivity index (χ4n) is 2.53. The Labute approximate surface area is 73.6 Å². The summed E-state index contributed by atoms with van der Waals surface area (Å²) in [5, 5.41) is 5.80. The smallest absolute Gasteiger partial charge is 0.130 e. The molecule has 2 heterocycles. The largest absolute Gasteiger partial charge is 0.392 e. The van der Waals surface area contributed by atoms with Crippen LogP contribution in [0, 0.1) is 17.8 Å². The Balaban J connectivity index is 1.66. The quantitative estimate of drug-likeness (QED) is 0.621. The average Bonchev–Trinajstić information content (AvgIpc) is 2.50. The molecule has 0 aromatic rings. The van der Waals surface area contributed by atoms with E-state index < -0.39 is 0 Å². The average molecular weight is 167 g/mol. The third-order valence-corrected chi connectivity index (χ3v) is 3.24. The lowest BCUT2D eigenvalue weighted by molar-refractivity contribution is 0.0995. The molecule has 1 N–H and O–H groups in total. The highest BCUT2D eigenvalue weighted by atomic mass is 16.6. The molecule has 2 unspecified atom stereocenters. The van der Waals surface area contributed by atoms with Crippen LogP contribution in [0.5, 0.6) is 0 Å². The SMILES string of the molecule is [2H]N1C[C@@H]2C(C3=NOC(C)C3)[C@@H]2C1. The van der Waals surface area contributed by atoms with E-state index in [0.717, 1.165) is 19.5 Å². The maximum absolute atomic E-state index is 7.46. The Morgan fingerprint density at radius 2 is 2.33 bits per heavy atom. The summed E-state index contributed by atoms with van der Waals surface area (Å²) in [4.78, 5) is 5.19. The minimum atomic E-state index is 0.281. The second-order valence-corrected chi connectivity index (χ2v) is 4.15. The molecular formula is C9H14N2O. The van der Waals surface area contributed by atoms with Crippen LogP contribution < -0.4 is 5.31 Å². The zero-order chi connectivity index (χ0) is 9.00. The number of nitrogens with zero attached hydrogens (tertiary/aromatic N) is 1. The van der Waals surface area contributed by atoms with Crippen molar-refractivity contribution >= 4 is 5.71 Å². The Kier molecular flexibility index (Phi) is 1.11. The first-order valence-corrected chi connectivity index (χ1v) is 4.72. The van der Waals surface area contributed by atoms with Gasteiger partial charge in [0.25, 0.3) is 0 Å². The number of nitrogens with one attached hydrogen (secondary N) is 1. The van der Waals surface area contributed by atoms with Crippen molar-refractivity contribution < 1.29 is 6.25 Å². The highest BCUT2D eigenvalue weighted by Gasteiger charge is 2.56. The Hall–Kier alpha value is -0.570. The van der Waals surface area contributed by atoms with Gasteiger partial charge in [-0.05, 0) is 31.8 Å². The Morgan fingerprint density at radius 1 is 1.58 bits per heavy atom. The Bertz CT molecular complexity index is 256. The van der Waals surface area contributed by atoms with E-state index in [2.05, 4.69) is 12.1 Å². The van der Waals surface area contributed by atoms with Crippen LogP contribution in [-0.2, 0) is 4.84 Å². The van der Waals surface area contributed by atoms with E-state index in [0.29, 0.717) is 17.8 Å². The molecular weight excluding hydrogens is 152 g/mol. The number of fused-ring (bicyclic) bond motifs is 1. The second-order valence-electron chi connectivity index (χ2n) is 4.15. The lowest BCUT2D eigenvalue weighted by atomic mass is 10.1. The molecule has 0 radical (unpaired) electrons. The third kappa shape index (κ3) is 0.829. The van der Waals surface area contributed by atoms with Gasteiger partial charge in [-0.2, -0.15) is 0 Å². The molecule has 2 aliphatic heterocycles. The monoisotopic (exact) mass is 167 g/mol. The summed E-state index contributed by atoms with van der Waals surface area (Å²) in [5.74, 6) is 2.09. The maximum atomic E-state index is 7.46. The van der Waals surface area contributed by atoms with E-state index in [1.807, 2.05) is 0 Å². The lowest BCUT2D eigenvalue weighted by Crippen LogP contribution is -2.18. The topological polar surface area (TPSA) is 33.6 Å². The molecule has 66 valence electrons. The van der Waals surface area contributed by atoms with Crippen molar-refractivity contribution in [1.29, 1.82) is 0 Å².